The van der Waals surface area contributed by atoms with Gasteiger partial charge >= 0.3 is 0 Å². The van der Waals surface area contributed by atoms with Gasteiger partial charge in [0.2, 0.25) is 5.91 Å². The molecule has 8 heteroatoms. The van der Waals surface area contributed by atoms with Gasteiger partial charge in [-0.2, -0.15) is 0 Å². The molecular formula is C14H19N3O4S. The summed E-state index contributed by atoms with van der Waals surface area (Å²) in [7, 11) is -0.0541. The summed E-state index contributed by atoms with van der Waals surface area (Å²) in [5, 5.41) is 2.69. The largest absolute Gasteiger partial charge is 0.355 e. The van der Waals surface area contributed by atoms with Crippen molar-refractivity contribution in [2.75, 3.05) is 33.7 Å². The summed E-state index contributed by atoms with van der Waals surface area (Å²) in [6.45, 7) is 1.02. The molecule has 1 aromatic carbocycles. The van der Waals surface area contributed by atoms with Crippen LogP contribution in [0.2, 0.25) is 0 Å². The molecule has 1 N–H and O–H groups in total. The molecule has 0 unspecified atom stereocenters. The van der Waals surface area contributed by atoms with Crippen LogP contribution in [0.5, 0.6) is 0 Å². The van der Waals surface area contributed by atoms with Crippen LogP contribution in [-0.4, -0.2) is 63.2 Å². The van der Waals surface area contributed by atoms with E-state index >= 15 is 0 Å². The number of carbonyl (C=O) groups excluding carboxylic acids is 2. The number of benzene rings is 1. The quantitative estimate of drug-likeness (QED) is 0.789. The van der Waals surface area contributed by atoms with Gasteiger partial charge in [-0.3, -0.25) is 9.59 Å². The van der Waals surface area contributed by atoms with E-state index in [1.165, 1.54) is 12.1 Å². The molecule has 2 amide bonds. The minimum absolute atomic E-state index is 0.00742. The van der Waals surface area contributed by atoms with Crippen LogP contribution in [0.25, 0.3) is 0 Å². The van der Waals surface area contributed by atoms with Crippen molar-refractivity contribution in [2.45, 2.75) is 11.3 Å². The lowest BCUT2D eigenvalue weighted by molar-refractivity contribution is -0.121. The second-order valence-corrected chi connectivity index (χ2v) is 7.11. The maximum absolute atomic E-state index is 12.3. The first-order chi connectivity index (χ1) is 10.3. The Bertz CT molecular complexity index is 685. The molecular weight excluding hydrogens is 306 g/mol. The van der Waals surface area contributed by atoms with Crippen LogP contribution in [0.1, 0.15) is 16.8 Å². The fraction of sp³-hybridized carbons (Fsp3) is 0.429. The maximum atomic E-state index is 12.3. The van der Waals surface area contributed by atoms with E-state index in [9.17, 15) is 18.0 Å². The average Bonchev–Trinajstić information content (AvgIpc) is 2.65. The molecule has 1 heterocycles. The van der Waals surface area contributed by atoms with E-state index in [0.29, 0.717) is 13.1 Å². The highest BCUT2D eigenvalue weighted by atomic mass is 32.2. The lowest BCUT2D eigenvalue weighted by atomic mass is 10.2. The van der Waals surface area contributed by atoms with E-state index in [1.807, 2.05) is 19.0 Å². The molecule has 1 aromatic rings. The van der Waals surface area contributed by atoms with Gasteiger partial charge in [-0.1, -0.05) is 12.1 Å². The highest BCUT2D eigenvalue weighted by Gasteiger charge is 2.40. The summed E-state index contributed by atoms with van der Waals surface area (Å²) in [6, 6.07) is 6.07. The zero-order chi connectivity index (χ0) is 16.3. The van der Waals surface area contributed by atoms with E-state index in [-0.39, 0.29) is 29.3 Å². The maximum Gasteiger partial charge on any atom is 0.269 e. The third kappa shape index (κ3) is 3.28. The van der Waals surface area contributed by atoms with Gasteiger partial charge in [-0.15, -0.1) is 0 Å². The van der Waals surface area contributed by atoms with Gasteiger partial charge in [0.1, 0.15) is 4.90 Å². The number of carbonyl (C=O) groups is 2. The predicted octanol–water partition coefficient (Wildman–Crippen LogP) is -0.101. The van der Waals surface area contributed by atoms with Crippen LogP contribution in [0.15, 0.2) is 29.2 Å². The molecule has 0 spiro atoms. The fourth-order valence-corrected chi connectivity index (χ4v) is 3.73. The molecule has 22 heavy (non-hydrogen) atoms. The Hall–Kier alpha value is -1.93. The molecule has 120 valence electrons. The van der Waals surface area contributed by atoms with Gasteiger partial charge in [0.05, 0.1) is 5.56 Å². The Balaban J connectivity index is 1.97. The third-order valence-electron chi connectivity index (χ3n) is 3.34. The summed E-state index contributed by atoms with van der Waals surface area (Å²) in [6.07, 6.45) is -0.0492. The lowest BCUT2D eigenvalue weighted by Gasteiger charge is -2.15. The van der Waals surface area contributed by atoms with E-state index in [4.69, 9.17) is 0 Å². The number of nitrogens with zero attached hydrogens (tertiary/aromatic N) is 2. The number of fused-ring (bicyclic) bond motifs is 1. The Morgan fingerprint density at radius 3 is 2.59 bits per heavy atom. The molecule has 0 aromatic heterocycles. The normalized spacial score (nSPS) is 16.0. The second kappa shape index (κ2) is 6.45. The standard InChI is InChI=1S/C14H19N3O4S/c1-16(2)10-8-15-13(18)7-9-17-14(19)11-5-3-4-6-12(11)22(17,20)21/h3-6H,7-10H2,1-2H3,(H,15,18). The highest BCUT2D eigenvalue weighted by Crippen LogP contribution is 2.29. The number of rotatable bonds is 6. The molecule has 1 aliphatic rings. The SMILES string of the molecule is CN(C)CCNC(=O)CCN1C(=O)c2ccccc2S1(=O)=O. The molecule has 0 aliphatic carbocycles. The molecule has 0 saturated carbocycles. The second-order valence-electron chi connectivity index (χ2n) is 5.28. The summed E-state index contributed by atoms with van der Waals surface area (Å²) in [5.41, 5.74) is 0.163. The molecule has 0 saturated heterocycles. The number of hydrogen-bond donors (Lipinski definition) is 1. The zero-order valence-corrected chi connectivity index (χ0v) is 13.4. The zero-order valence-electron chi connectivity index (χ0n) is 12.6. The summed E-state index contributed by atoms with van der Waals surface area (Å²) in [5.74, 6) is -0.850. The van der Waals surface area contributed by atoms with Crippen molar-refractivity contribution in [1.82, 2.24) is 14.5 Å². The number of nitrogens with one attached hydrogen (secondary N) is 1. The van der Waals surface area contributed by atoms with Gasteiger partial charge in [0.25, 0.3) is 15.9 Å². The molecule has 0 bridgehead atoms. The number of likely N-dealkylation sites (N-methyl/N-ethyl adjacent to an activating group) is 1. The Labute approximate surface area is 129 Å². The highest BCUT2D eigenvalue weighted by molar-refractivity contribution is 7.90. The first-order valence-corrected chi connectivity index (χ1v) is 8.35. The third-order valence-corrected chi connectivity index (χ3v) is 5.18. The van der Waals surface area contributed by atoms with Gasteiger partial charge in [0, 0.05) is 26.1 Å². The van der Waals surface area contributed by atoms with Crippen molar-refractivity contribution in [1.29, 1.82) is 0 Å². The van der Waals surface area contributed by atoms with Crippen molar-refractivity contribution in [3.8, 4) is 0 Å². The van der Waals surface area contributed by atoms with Crippen LogP contribution in [-0.2, 0) is 14.8 Å². The fourth-order valence-electron chi connectivity index (χ4n) is 2.16. The lowest BCUT2D eigenvalue weighted by Crippen LogP contribution is -2.36. The summed E-state index contributed by atoms with van der Waals surface area (Å²) in [4.78, 5) is 25.8. The van der Waals surface area contributed by atoms with Crippen molar-refractivity contribution in [2.24, 2.45) is 0 Å². The van der Waals surface area contributed by atoms with Gasteiger partial charge in [0.15, 0.2) is 0 Å². The predicted molar refractivity (Wildman–Crippen MR) is 80.8 cm³/mol. The van der Waals surface area contributed by atoms with Crippen LogP contribution in [0, 0.1) is 0 Å². The van der Waals surface area contributed by atoms with Crippen LogP contribution in [0.4, 0.5) is 0 Å². The number of amides is 2. The monoisotopic (exact) mass is 325 g/mol. The summed E-state index contributed by atoms with van der Waals surface area (Å²) < 4.78 is 25.3. The topological polar surface area (TPSA) is 86.8 Å². The Kier molecular flexibility index (Phi) is 4.82. The van der Waals surface area contributed by atoms with Crippen LogP contribution in [0.3, 0.4) is 0 Å². The minimum Gasteiger partial charge on any atom is -0.355 e. The molecule has 1 aliphatic heterocycles. The van der Waals surface area contributed by atoms with E-state index in [1.54, 1.807) is 12.1 Å². The first kappa shape index (κ1) is 16.4. The van der Waals surface area contributed by atoms with Gasteiger partial charge in [-0.25, -0.2) is 12.7 Å². The first-order valence-electron chi connectivity index (χ1n) is 6.91. The van der Waals surface area contributed by atoms with E-state index in [0.717, 1.165) is 4.31 Å². The van der Waals surface area contributed by atoms with E-state index in [2.05, 4.69) is 5.32 Å². The van der Waals surface area contributed by atoms with Crippen molar-refractivity contribution < 1.29 is 18.0 Å². The van der Waals surface area contributed by atoms with Gasteiger partial charge in [-0.05, 0) is 26.2 Å². The molecule has 0 radical (unpaired) electrons. The Morgan fingerprint density at radius 2 is 1.95 bits per heavy atom. The summed E-state index contributed by atoms with van der Waals surface area (Å²) >= 11 is 0. The molecule has 0 fully saturated rings. The van der Waals surface area contributed by atoms with Crippen LogP contribution < -0.4 is 5.32 Å². The van der Waals surface area contributed by atoms with Gasteiger partial charge < -0.3 is 10.2 Å². The number of sulfonamides is 1. The smallest absolute Gasteiger partial charge is 0.269 e. The molecule has 7 nitrogen and oxygen atoms in total. The Morgan fingerprint density at radius 1 is 1.27 bits per heavy atom. The van der Waals surface area contributed by atoms with Crippen molar-refractivity contribution in [3.63, 3.8) is 0 Å². The van der Waals surface area contributed by atoms with Crippen LogP contribution >= 0.6 is 0 Å². The molecule has 0 atom stereocenters. The molecule has 2 rings (SSSR count). The van der Waals surface area contributed by atoms with Crippen molar-refractivity contribution in [3.05, 3.63) is 29.8 Å². The minimum atomic E-state index is -3.83. The van der Waals surface area contributed by atoms with Crippen molar-refractivity contribution >= 4 is 21.8 Å². The average molecular weight is 325 g/mol. The number of hydrogen-bond acceptors (Lipinski definition) is 5. The van der Waals surface area contributed by atoms with E-state index < -0.39 is 15.9 Å².